The molecule has 0 aliphatic rings. The Balaban J connectivity index is 3.08. The molecule has 0 aliphatic heterocycles. The Morgan fingerprint density at radius 2 is 2.14 bits per heavy atom. The minimum Gasteiger partial charge on any atom is -0.391 e. The van der Waals surface area contributed by atoms with Crippen LogP contribution in [0.15, 0.2) is 6.08 Å². The zero-order chi connectivity index (χ0) is 5.70. The SMILES string of the molecule is OCC[C+]=C(F)F. The zero-order valence-corrected chi connectivity index (χ0v) is 3.62. The number of hydrogen-bond donors (Lipinski definition) is 1. The van der Waals surface area contributed by atoms with Crippen molar-refractivity contribution in [1.29, 1.82) is 0 Å². The summed E-state index contributed by atoms with van der Waals surface area (Å²) in [5.41, 5.74) is 0. The van der Waals surface area contributed by atoms with Crippen LogP contribution in [0.4, 0.5) is 8.78 Å². The summed E-state index contributed by atoms with van der Waals surface area (Å²) >= 11 is 0. The van der Waals surface area contributed by atoms with Crippen LogP contribution in [0.2, 0.25) is 0 Å². The van der Waals surface area contributed by atoms with Gasteiger partial charge in [0.15, 0.2) is 6.42 Å². The standard InChI is InChI=1S/C4H5F2O/c5-4(6)2-1-3-7/h7H,1,3H2/q+1. The van der Waals surface area contributed by atoms with Crippen LogP contribution in [0.25, 0.3) is 0 Å². The van der Waals surface area contributed by atoms with E-state index < -0.39 is 6.08 Å². The molecule has 1 N–H and O–H groups in total. The molecule has 3 heteroatoms. The maximum absolute atomic E-state index is 10.9. The smallest absolute Gasteiger partial charge is 0.391 e. The summed E-state index contributed by atoms with van der Waals surface area (Å²) < 4.78 is 21.8. The summed E-state index contributed by atoms with van der Waals surface area (Å²) in [5, 5.41) is 7.91. The highest BCUT2D eigenvalue weighted by Crippen LogP contribution is 1.95. The minimum atomic E-state index is -1.85. The van der Waals surface area contributed by atoms with Gasteiger partial charge in [0.1, 0.15) is 0 Å². The molecule has 0 rings (SSSR count). The highest BCUT2D eigenvalue weighted by molar-refractivity contribution is 4.69. The van der Waals surface area contributed by atoms with Crippen molar-refractivity contribution in [2.75, 3.05) is 6.61 Å². The van der Waals surface area contributed by atoms with Crippen molar-refractivity contribution in [3.05, 3.63) is 12.2 Å². The fourth-order valence-corrected chi connectivity index (χ4v) is 0.150. The number of hydrogen-bond acceptors (Lipinski definition) is 1. The minimum absolute atomic E-state index is 0.0810. The van der Waals surface area contributed by atoms with Gasteiger partial charge < -0.3 is 5.11 Å². The molecule has 0 saturated carbocycles. The van der Waals surface area contributed by atoms with Crippen molar-refractivity contribution in [1.82, 2.24) is 0 Å². The number of halogens is 2. The predicted molar refractivity (Wildman–Crippen MR) is 20.7 cm³/mol. The van der Waals surface area contributed by atoms with Crippen LogP contribution in [0, 0.1) is 6.08 Å². The predicted octanol–water partition coefficient (Wildman–Crippen LogP) is 0.952. The normalized spacial score (nSPS) is 7.86. The van der Waals surface area contributed by atoms with E-state index in [2.05, 4.69) is 0 Å². The summed E-state index contributed by atoms with van der Waals surface area (Å²) in [6, 6.07) is 0. The molecule has 0 heterocycles. The van der Waals surface area contributed by atoms with E-state index in [4.69, 9.17) is 5.11 Å². The topological polar surface area (TPSA) is 20.2 Å². The maximum atomic E-state index is 10.9. The van der Waals surface area contributed by atoms with Gasteiger partial charge in [-0.3, -0.25) is 0 Å². The van der Waals surface area contributed by atoms with Crippen LogP contribution in [-0.2, 0) is 0 Å². The number of aliphatic hydroxyl groups is 1. The number of rotatable bonds is 2. The Kier molecular flexibility index (Phi) is 3.38. The largest absolute Gasteiger partial charge is 0.521 e. The highest BCUT2D eigenvalue weighted by Gasteiger charge is 2.03. The first-order valence-corrected chi connectivity index (χ1v) is 1.80. The van der Waals surface area contributed by atoms with E-state index >= 15 is 0 Å². The van der Waals surface area contributed by atoms with Gasteiger partial charge in [0.2, 0.25) is 0 Å². The summed E-state index contributed by atoms with van der Waals surface area (Å²) in [5.74, 6) is 0. The lowest BCUT2D eigenvalue weighted by molar-refractivity contribution is 0.296. The molecule has 0 atom stereocenters. The van der Waals surface area contributed by atoms with E-state index in [0.29, 0.717) is 0 Å². The molecule has 1 nitrogen and oxygen atoms in total. The fraction of sp³-hybridized carbons (Fsp3) is 0.500. The second kappa shape index (κ2) is 3.65. The van der Waals surface area contributed by atoms with Crippen LogP contribution in [0.5, 0.6) is 0 Å². The molecule has 0 unspecified atom stereocenters. The lowest BCUT2D eigenvalue weighted by atomic mass is 10.4. The molecule has 0 spiro atoms. The van der Waals surface area contributed by atoms with Crippen molar-refractivity contribution in [3.8, 4) is 0 Å². The summed E-state index contributed by atoms with van der Waals surface area (Å²) in [7, 11) is 0. The fourth-order valence-electron chi connectivity index (χ4n) is 0.150. The first kappa shape index (κ1) is 6.47. The molecule has 0 fully saturated rings. The van der Waals surface area contributed by atoms with Gasteiger partial charge >= 0.3 is 12.2 Å². The van der Waals surface area contributed by atoms with E-state index in [9.17, 15) is 8.78 Å². The van der Waals surface area contributed by atoms with Crippen LogP contribution >= 0.6 is 0 Å². The van der Waals surface area contributed by atoms with Gasteiger partial charge in [-0.05, 0) is 0 Å². The molecule has 0 aromatic rings. The van der Waals surface area contributed by atoms with E-state index in [-0.39, 0.29) is 13.0 Å². The molecule has 0 bridgehead atoms. The van der Waals surface area contributed by atoms with Crippen molar-refractivity contribution in [3.63, 3.8) is 0 Å². The lowest BCUT2D eigenvalue weighted by Gasteiger charge is -1.63. The first-order chi connectivity index (χ1) is 3.27. The molecular weight excluding hydrogens is 102 g/mol. The third-order valence-electron chi connectivity index (χ3n) is 0.370. The lowest BCUT2D eigenvalue weighted by Crippen LogP contribution is -1.75. The molecule has 0 aromatic heterocycles. The molecule has 0 aromatic carbocycles. The van der Waals surface area contributed by atoms with Crippen molar-refractivity contribution >= 4 is 0 Å². The van der Waals surface area contributed by atoms with Gasteiger partial charge in [-0.15, -0.1) is 8.78 Å². The third kappa shape index (κ3) is 5.47. The summed E-state index contributed by atoms with van der Waals surface area (Å²) in [6.45, 7) is -0.267. The molecule has 0 radical (unpaired) electrons. The van der Waals surface area contributed by atoms with Gasteiger partial charge in [0.05, 0.1) is 6.61 Å². The van der Waals surface area contributed by atoms with Crippen molar-refractivity contribution in [2.45, 2.75) is 6.42 Å². The van der Waals surface area contributed by atoms with Crippen LogP contribution in [-0.4, -0.2) is 11.7 Å². The van der Waals surface area contributed by atoms with Gasteiger partial charge in [-0.2, -0.15) is 0 Å². The van der Waals surface area contributed by atoms with Gasteiger partial charge in [0.25, 0.3) is 0 Å². The van der Waals surface area contributed by atoms with E-state index in [1.807, 2.05) is 0 Å². The highest BCUT2D eigenvalue weighted by atomic mass is 19.3. The second-order valence-corrected chi connectivity index (χ2v) is 0.911. The van der Waals surface area contributed by atoms with Crippen LogP contribution in [0.3, 0.4) is 0 Å². The van der Waals surface area contributed by atoms with Crippen molar-refractivity contribution in [2.24, 2.45) is 0 Å². The maximum Gasteiger partial charge on any atom is 0.521 e. The average Bonchev–Trinajstić information content (AvgIpc) is 1.61. The van der Waals surface area contributed by atoms with E-state index in [1.54, 1.807) is 6.08 Å². The molecule has 0 saturated heterocycles. The Hall–Kier alpha value is -0.530. The van der Waals surface area contributed by atoms with Gasteiger partial charge in [-0.1, -0.05) is 0 Å². The Morgan fingerprint density at radius 3 is 2.29 bits per heavy atom. The second-order valence-electron chi connectivity index (χ2n) is 0.911. The molecule has 7 heavy (non-hydrogen) atoms. The van der Waals surface area contributed by atoms with Crippen molar-refractivity contribution < 1.29 is 13.9 Å². The Morgan fingerprint density at radius 1 is 1.57 bits per heavy atom. The van der Waals surface area contributed by atoms with Gasteiger partial charge in [-0.25, -0.2) is 0 Å². The number of aliphatic hydroxyl groups excluding tert-OH is 1. The monoisotopic (exact) mass is 107 g/mol. The summed E-state index contributed by atoms with van der Waals surface area (Å²) in [4.78, 5) is 0. The third-order valence-corrected chi connectivity index (χ3v) is 0.370. The molecular formula is C4H5F2O+. The molecule has 0 amide bonds. The quantitative estimate of drug-likeness (QED) is 0.521. The van der Waals surface area contributed by atoms with Crippen LogP contribution in [0.1, 0.15) is 6.42 Å². The van der Waals surface area contributed by atoms with E-state index in [0.717, 1.165) is 0 Å². The Bertz CT molecular complexity index is 66.1. The summed E-state index contributed by atoms with van der Waals surface area (Å²) in [6.07, 6.45) is -0.305. The Labute approximate surface area is 40.3 Å². The van der Waals surface area contributed by atoms with E-state index in [1.165, 1.54) is 0 Å². The van der Waals surface area contributed by atoms with Crippen LogP contribution < -0.4 is 0 Å². The average molecular weight is 107 g/mol. The molecule has 0 aliphatic carbocycles. The first-order valence-electron chi connectivity index (χ1n) is 1.80. The van der Waals surface area contributed by atoms with Gasteiger partial charge in [0, 0.05) is 0 Å². The zero-order valence-electron chi connectivity index (χ0n) is 3.62. The molecule has 40 valence electrons.